The number of ether oxygens (including phenoxy) is 1. The fraction of sp³-hybridized carbons (Fsp3) is 0.433. The van der Waals surface area contributed by atoms with E-state index >= 15 is 0 Å². The highest BCUT2D eigenvalue weighted by Crippen LogP contribution is 2.37. The minimum absolute atomic E-state index is 0.0278. The van der Waals surface area contributed by atoms with Gasteiger partial charge in [0.2, 0.25) is 10.0 Å². The summed E-state index contributed by atoms with van der Waals surface area (Å²) in [6.45, 7) is 9.82. The molecule has 2 aromatic carbocycles. The third kappa shape index (κ3) is 9.48. The zero-order valence-electron chi connectivity index (χ0n) is 25.1. The quantitative estimate of drug-likeness (QED) is 0.220. The van der Waals surface area contributed by atoms with Crippen molar-refractivity contribution in [2.24, 2.45) is 0 Å². The summed E-state index contributed by atoms with van der Waals surface area (Å²) in [5, 5.41) is 12.7. The first kappa shape index (κ1) is 32.4. The number of anilines is 1. The zero-order chi connectivity index (χ0) is 31.2. The normalized spacial score (nSPS) is 17.3. The number of sulfonamides is 1. The summed E-state index contributed by atoms with van der Waals surface area (Å²) in [7, 11) is -3.96. The Morgan fingerprint density at radius 2 is 1.86 bits per heavy atom. The van der Waals surface area contributed by atoms with Crippen LogP contribution in [-0.2, 0) is 21.3 Å². The maximum Gasteiger partial charge on any atom is 0.407 e. The van der Waals surface area contributed by atoms with Crippen molar-refractivity contribution < 1.29 is 22.7 Å². The molecule has 0 aliphatic carbocycles. The maximum atomic E-state index is 13.6. The van der Waals surface area contributed by atoms with E-state index in [1.54, 1.807) is 52.9 Å². The Morgan fingerprint density at radius 1 is 1.12 bits per heavy atom. The van der Waals surface area contributed by atoms with E-state index < -0.39 is 27.7 Å². The Kier molecular flexibility index (Phi) is 10.4. The van der Waals surface area contributed by atoms with Gasteiger partial charge in [-0.05, 0) is 65.2 Å². The van der Waals surface area contributed by atoms with Gasteiger partial charge in [0.1, 0.15) is 5.01 Å². The first-order chi connectivity index (χ1) is 20.3. The van der Waals surface area contributed by atoms with Gasteiger partial charge in [-0.1, -0.05) is 36.4 Å². The van der Waals surface area contributed by atoms with Gasteiger partial charge in [-0.2, -0.15) is 0 Å². The Hall–Kier alpha value is -3.52. The molecule has 0 spiro atoms. The Bertz CT molecular complexity index is 1510. The molecule has 2 atom stereocenters. The van der Waals surface area contributed by atoms with Gasteiger partial charge in [-0.15, -0.1) is 11.3 Å². The molecule has 3 amide bonds. The average Bonchev–Trinajstić information content (AvgIpc) is 3.41. The lowest BCUT2D eigenvalue weighted by Gasteiger charge is -2.29. The first-order valence-corrected chi connectivity index (χ1v) is 16.5. The first-order valence-electron chi connectivity index (χ1n) is 14.2. The van der Waals surface area contributed by atoms with Crippen LogP contribution in [0.3, 0.4) is 0 Å². The number of hydrogen-bond donors (Lipinski definition) is 5. The molecule has 1 aliphatic rings. The second-order valence-corrected chi connectivity index (χ2v) is 14.5. The molecule has 1 saturated heterocycles. The molecule has 13 heteroatoms. The second kappa shape index (κ2) is 13.8. The van der Waals surface area contributed by atoms with Crippen LogP contribution in [0, 0.1) is 0 Å². The van der Waals surface area contributed by atoms with E-state index in [0.717, 1.165) is 23.4 Å². The summed E-state index contributed by atoms with van der Waals surface area (Å²) >= 11 is 1.41. The van der Waals surface area contributed by atoms with Gasteiger partial charge >= 0.3 is 12.1 Å². The predicted molar refractivity (Wildman–Crippen MR) is 168 cm³/mol. The van der Waals surface area contributed by atoms with Gasteiger partial charge in [0.25, 0.3) is 0 Å². The number of nitrogens with zero attached hydrogens (tertiary/aromatic N) is 1. The highest BCUT2D eigenvalue weighted by molar-refractivity contribution is 7.89. The number of amides is 3. The van der Waals surface area contributed by atoms with Crippen LogP contribution in [0.5, 0.6) is 0 Å². The average molecular weight is 629 g/mol. The molecule has 5 N–H and O–H groups in total. The van der Waals surface area contributed by atoms with Crippen LogP contribution in [0.25, 0.3) is 10.4 Å². The van der Waals surface area contributed by atoms with E-state index in [1.807, 2.05) is 30.3 Å². The van der Waals surface area contributed by atoms with Crippen molar-refractivity contribution in [3.05, 3.63) is 65.3 Å². The van der Waals surface area contributed by atoms with E-state index in [0.29, 0.717) is 29.2 Å². The smallest absolute Gasteiger partial charge is 0.407 e. The van der Waals surface area contributed by atoms with Crippen molar-refractivity contribution in [2.45, 2.75) is 82.6 Å². The van der Waals surface area contributed by atoms with Crippen molar-refractivity contribution in [1.29, 1.82) is 0 Å². The van der Waals surface area contributed by atoms with Crippen molar-refractivity contribution in [3.63, 3.8) is 0 Å². The minimum atomic E-state index is -3.96. The molecule has 43 heavy (non-hydrogen) atoms. The molecule has 11 nitrogen and oxygen atoms in total. The number of hydrogen-bond acceptors (Lipinski definition) is 8. The Balaban J connectivity index is 1.50. The number of benzene rings is 2. The lowest BCUT2D eigenvalue weighted by Crippen LogP contribution is -2.47. The van der Waals surface area contributed by atoms with Gasteiger partial charge < -0.3 is 26.0 Å². The number of rotatable bonds is 9. The number of urea groups is 1. The molecule has 0 bridgehead atoms. The SMILES string of the molecule is CC(C)OC(=O)N[C@@H]1CC[C@@H](c2ncc(-c3ccc(NC(=O)NCc4ccccc4)cc3S(=O)(=O)NC(C)(C)C)s2)NC1. The van der Waals surface area contributed by atoms with Crippen LogP contribution in [0.4, 0.5) is 15.3 Å². The molecule has 3 aromatic rings. The molecule has 0 radical (unpaired) electrons. The highest BCUT2D eigenvalue weighted by Gasteiger charge is 2.29. The van der Waals surface area contributed by atoms with Crippen LogP contribution in [0.15, 0.2) is 59.6 Å². The van der Waals surface area contributed by atoms with E-state index in [-0.39, 0.29) is 23.1 Å². The molecule has 1 aliphatic heterocycles. The van der Waals surface area contributed by atoms with Crippen molar-refractivity contribution in [3.8, 4) is 10.4 Å². The zero-order valence-corrected chi connectivity index (χ0v) is 26.7. The molecule has 2 heterocycles. The van der Waals surface area contributed by atoms with E-state index in [2.05, 4.69) is 31.0 Å². The minimum Gasteiger partial charge on any atom is -0.447 e. The summed E-state index contributed by atoms with van der Waals surface area (Å²) in [6, 6.07) is 13.8. The lowest BCUT2D eigenvalue weighted by atomic mass is 10.0. The third-order valence-corrected chi connectivity index (χ3v) is 9.37. The highest BCUT2D eigenvalue weighted by atomic mass is 32.2. The topological polar surface area (TPSA) is 151 Å². The van der Waals surface area contributed by atoms with Crippen molar-refractivity contribution in [2.75, 3.05) is 11.9 Å². The lowest BCUT2D eigenvalue weighted by molar-refractivity contribution is 0.110. The van der Waals surface area contributed by atoms with Gasteiger partial charge in [-0.3, -0.25) is 0 Å². The van der Waals surface area contributed by atoms with Crippen LogP contribution in [-0.4, -0.2) is 49.8 Å². The van der Waals surface area contributed by atoms with Gasteiger partial charge in [0.15, 0.2) is 0 Å². The maximum absolute atomic E-state index is 13.6. The van der Waals surface area contributed by atoms with Crippen LogP contribution in [0.2, 0.25) is 0 Å². The Morgan fingerprint density at radius 3 is 2.51 bits per heavy atom. The number of carbonyl (C=O) groups is 2. The van der Waals surface area contributed by atoms with Crippen molar-refractivity contribution in [1.82, 2.24) is 25.7 Å². The molecule has 4 rings (SSSR count). The number of piperidine rings is 1. The fourth-order valence-corrected chi connectivity index (χ4v) is 7.41. The molecule has 0 unspecified atom stereocenters. The van der Waals surface area contributed by atoms with Gasteiger partial charge in [-0.25, -0.2) is 27.7 Å². The summed E-state index contributed by atoms with van der Waals surface area (Å²) in [5.74, 6) is 0. The third-order valence-electron chi connectivity index (χ3n) is 6.43. The predicted octanol–water partition coefficient (Wildman–Crippen LogP) is 5.14. The van der Waals surface area contributed by atoms with Crippen LogP contribution in [0.1, 0.15) is 64.1 Å². The molecular formula is C30H40N6O5S2. The molecular weight excluding hydrogens is 589 g/mol. The van der Waals surface area contributed by atoms with Gasteiger partial charge in [0.05, 0.1) is 21.9 Å². The van der Waals surface area contributed by atoms with Gasteiger partial charge in [0, 0.05) is 42.1 Å². The number of carbonyl (C=O) groups excluding carboxylic acids is 2. The molecule has 0 saturated carbocycles. The monoisotopic (exact) mass is 628 g/mol. The molecule has 232 valence electrons. The summed E-state index contributed by atoms with van der Waals surface area (Å²) in [4.78, 5) is 29.9. The van der Waals surface area contributed by atoms with Crippen LogP contribution >= 0.6 is 11.3 Å². The molecule has 1 aromatic heterocycles. The number of nitrogens with one attached hydrogen (secondary N) is 5. The van der Waals surface area contributed by atoms with E-state index in [1.165, 1.54) is 17.4 Å². The van der Waals surface area contributed by atoms with E-state index in [9.17, 15) is 18.0 Å². The summed E-state index contributed by atoms with van der Waals surface area (Å²) in [6.07, 6.45) is 2.56. The largest absolute Gasteiger partial charge is 0.447 e. The standard InChI is InChI=1S/C30H40N6O5S2/c1-19(2)41-29(38)35-22-12-14-24(31-17-22)27-32-18-25(42-27)23-13-11-21(15-26(23)43(39,40)36-30(3,4)5)34-28(37)33-16-20-9-7-6-8-10-20/h6-11,13,15,18-19,22,24,31,36H,12,14,16-17H2,1-5H3,(H,35,38)(H2,33,34,37)/t22-,24+/m1/s1. The van der Waals surface area contributed by atoms with E-state index in [4.69, 9.17) is 4.74 Å². The summed E-state index contributed by atoms with van der Waals surface area (Å²) in [5.41, 5.74) is 1.06. The van der Waals surface area contributed by atoms with Crippen molar-refractivity contribution >= 4 is 39.2 Å². The summed E-state index contributed by atoms with van der Waals surface area (Å²) < 4.78 is 35.1. The fourth-order valence-electron chi connectivity index (χ4n) is 4.62. The van der Waals surface area contributed by atoms with Crippen LogP contribution < -0.4 is 26.0 Å². The Labute approximate surface area is 257 Å². The number of aromatic nitrogens is 1. The molecule has 1 fully saturated rings. The second-order valence-electron chi connectivity index (χ2n) is 11.8. The number of alkyl carbamates (subject to hydrolysis) is 1. The number of thiazole rings is 1.